The van der Waals surface area contributed by atoms with Crippen molar-refractivity contribution in [3.63, 3.8) is 0 Å². The highest BCUT2D eigenvalue weighted by molar-refractivity contribution is 5.72. The Hall–Kier alpha value is -5.06. The standard InChI is InChI=1S/C35H20F10O/c1-2-26(36)33(42)20-5-3-19(4-6-20)22-14-28(38)32(29(39)15-22)35(44,45)46-24-10-7-18(8-11-24)21-9-12-25(27(37)13-21)23-16-30(40)34(43)31(41)17-23/h3-17H,2H2,1H3/b33-26+. The summed E-state index contributed by atoms with van der Waals surface area (Å²) in [7, 11) is 0. The minimum Gasteiger partial charge on any atom is -0.429 e. The Labute approximate surface area is 256 Å². The highest BCUT2D eigenvalue weighted by Crippen LogP contribution is 2.38. The maximum atomic E-state index is 15.0. The van der Waals surface area contributed by atoms with Gasteiger partial charge < -0.3 is 4.74 Å². The van der Waals surface area contributed by atoms with E-state index in [1.807, 2.05) is 0 Å². The summed E-state index contributed by atoms with van der Waals surface area (Å²) in [5.41, 5.74) is -1.69. The maximum absolute atomic E-state index is 15.0. The van der Waals surface area contributed by atoms with Crippen molar-refractivity contribution in [3.8, 4) is 39.1 Å². The van der Waals surface area contributed by atoms with Crippen LogP contribution in [0.15, 0.2) is 96.8 Å². The third-order valence-corrected chi connectivity index (χ3v) is 7.05. The number of ether oxygens (including phenoxy) is 1. The Balaban J connectivity index is 1.34. The third-order valence-electron chi connectivity index (χ3n) is 7.05. The zero-order valence-corrected chi connectivity index (χ0v) is 23.6. The van der Waals surface area contributed by atoms with Crippen LogP contribution in [0.1, 0.15) is 24.5 Å². The molecule has 0 aliphatic carbocycles. The van der Waals surface area contributed by atoms with Crippen molar-refractivity contribution in [2.75, 3.05) is 0 Å². The number of alkyl halides is 2. The molecule has 0 aromatic heterocycles. The molecule has 5 aromatic carbocycles. The lowest BCUT2D eigenvalue weighted by atomic mass is 9.99. The summed E-state index contributed by atoms with van der Waals surface area (Å²) in [6.45, 7) is 1.42. The molecular formula is C35H20F10O. The van der Waals surface area contributed by atoms with Gasteiger partial charge in [-0.15, -0.1) is 0 Å². The average molecular weight is 647 g/mol. The first-order valence-electron chi connectivity index (χ1n) is 13.5. The van der Waals surface area contributed by atoms with Crippen LogP contribution in [0.3, 0.4) is 0 Å². The zero-order valence-electron chi connectivity index (χ0n) is 23.6. The SMILES string of the molecule is CC/C(F)=C(\F)c1ccc(-c2cc(F)c(C(F)(F)Oc3ccc(-c4ccc(-c5cc(F)c(F)c(F)c5)c(F)c4)cc3)c(F)c2)cc1. The van der Waals surface area contributed by atoms with Gasteiger partial charge in [-0.3, -0.25) is 0 Å². The second kappa shape index (κ2) is 12.7. The predicted octanol–water partition coefficient (Wildman–Crippen LogP) is 11.7. The van der Waals surface area contributed by atoms with E-state index in [9.17, 15) is 35.1 Å². The van der Waals surface area contributed by atoms with Crippen LogP contribution in [0.25, 0.3) is 39.2 Å². The number of hydrogen-bond donors (Lipinski definition) is 0. The van der Waals surface area contributed by atoms with E-state index in [1.165, 1.54) is 55.5 Å². The van der Waals surface area contributed by atoms with Gasteiger partial charge in [0.15, 0.2) is 23.3 Å². The second-order valence-corrected chi connectivity index (χ2v) is 10.1. The highest BCUT2D eigenvalue weighted by atomic mass is 19.3. The average Bonchev–Trinajstić information content (AvgIpc) is 3.02. The summed E-state index contributed by atoms with van der Waals surface area (Å²) in [6.07, 6.45) is -4.65. The van der Waals surface area contributed by atoms with Crippen molar-refractivity contribution in [3.05, 3.63) is 143 Å². The minimum atomic E-state index is -4.48. The largest absolute Gasteiger partial charge is 0.432 e. The van der Waals surface area contributed by atoms with Crippen LogP contribution in [-0.2, 0) is 6.11 Å². The number of benzene rings is 5. The van der Waals surface area contributed by atoms with E-state index in [1.54, 1.807) is 0 Å². The summed E-state index contributed by atoms with van der Waals surface area (Å²) < 4.78 is 147. The molecule has 0 atom stereocenters. The smallest absolute Gasteiger partial charge is 0.429 e. The lowest BCUT2D eigenvalue weighted by Gasteiger charge is -2.20. The summed E-state index contributed by atoms with van der Waals surface area (Å²) in [6, 6.07) is 15.7. The monoisotopic (exact) mass is 646 g/mol. The molecule has 5 aromatic rings. The fourth-order valence-electron chi connectivity index (χ4n) is 4.69. The quantitative estimate of drug-likeness (QED) is 0.120. The van der Waals surface area contributed by atoms with Crippen molar-refractivity contribution in [1.82, 2.24) is 0 Å². The van der Waals surface area contributed by atoms with Crippen molar-refractivity contribution in [2.24, 2.45) is 0 Å². The molecule has 0 saturated heterocycles. The normalized spacial score (nSPS) is 12.2. The number of allylic oxidation sites excluding steroid dienone is 1. The zero-order chi connectivity index (χ0) is 33.3. The molecule has 5 rings (SSSR count). The lowest BCUT2D eigenvalue weighted by Crippen LogP contribution is -2.25. The van der Waals surface area contributed by atoms with Gasteiger partial charge in [-0.05, 0) is 76.7 Å². The summed E-state index contributed by atoms with van der Waals surface area (Å²) in [5.74, 6) is -11.4. The minimum absolute atomic E-state index is 0.105. The summed E-state index contributed by atoms with van der Waals surface area (Å²) in [5, 5.41) is 0. The Kier molecular flexibility index (Phi) is 8.96. The Morgan fingerprint density at radius 2 is 1.04 bits per heavy atom. The molecule has 46 heavy (non-hydrogen) atoms. The van der Waals surface area contributed by atoms with Gasteiger partial charge in [0, 0.05) is 11.1 Å². The van der Waals surface area contributed by atoms with E-state index in [4.69, 9.17) is 0 Å². The number of rotatable bonds is 8. The molecule has 0 radical (unpaired) electrons. The Morgan fingerprint density at radius 1 is 0.565 bits per heavy atom. The summed E-state index contributed by atoms with van der Waals surface area (Å²) in [4.78, 5) is 0. The van der Waals surface area contributed by atoms with Gasteiger partial charge in [-0.1, -0.05) is 55.5 Å². The van der Waals surface area contributed by atoms with Crippen LogP contribution in [0, 0.1) is 34.9 Å². The molecule has 0 N–H and O–H groups in total. The van der Waals surface area contributed by atoms with Crippen LogP contribution in [-0.4, -0.2) is 0 Å². The molecule has 0 spiro atoms. The van der Waals surface area contributed by atoms with Crippen LogP contribution >= 0.6 is 0 Å². The van der Waals surface area contributed by atoms with E-state index >= 15 is 8.78 Å². The molecule has 0 bridgehead atoms. The fourth-order valence-corrected chi connectivity index (χ4v) is 4.69. The van der Waals surface area contributed by atoms with Gasteiger partial charge >= 0.3 is 6.11 Å². The van der Waals surface area contributed by atoms with E-state index in [2.05, 4.69) is 4.74 Å². The van der Waals surface area contributed by atoms with Crippen LogP contribution in [0.5, 0.6) is 5.75 Å². The van der Waals surface area contributed by atoms with E-state index in [-0.39, 0.29) is 39.8 Å². The van der Waals surface area contributed by atoms with Gasteiger partial charge in [0.05, 0.1) is 0 Å². The van der Waals surface area contributed by atoms with E-state index in [0.717, 1.165) is 18.2 Å². The van der Waals surface area contributed by atoms with E-state index < -0.39 is 64.0 Å². The third kappa shape index (κ3) is 6.49. The number of halogens is 10. The molecule has 0 heterocycles. The summed E-state index contributed by atoms with van der Waals surface area (Å²) >= 11 is 0. The Bertz CT molecular complexity index is 1900. The molecule has 0 saturated carbocycles. The first kappa shape index (κ1) is 32.3. The van der Waals surface area contributed by atoms with Crippen LogP contribution < -0.4 is 4.74 Å². The lowest BCUT2D eigenvalue weighted by molar-refractivity contribution is -0.189. The van der Waals surface area contributed by atoms with Crippen molar-refractivity contribution < 1.29 is 48.6 Å². The fraction of sp³-hybridized carbons (Fsp3) is 0.0857. The molecule has 0 unspecified atom stereocenters. The molecule has 0 aliphatic heterocycles. The first-order chi connectivity index (χ1) is 21.8. The van der Waals surface area contributed by atoms with Gasteiger partial charge in [-0.2, -0.15) is 8.78 Å². The molecule has 0 aliphatic rings. The van der Waals surface area contributed by atoms with E-state index in [0.29, 0.717) is 29.8 Å². The maximum Gasteiger partial charge on any atom is 0.432 e. The van der Waals surface area contributed by atoms with Gasteiger partial charge in [0.1, 0.15) is 34.6 Å². The molecular weight excluding hydrogens is 626 g/mol. The highest BCUT2D eigenvalue weighted by Gasteiger charge is 2.41. The predicted molar refractivity (Wildman–Crippen MR) is 153 cm³/mol. The molecule has 236 valence electrons. The Morgan fingerprint density at radius 3 is 1.59 bits per heavy atom. The van der Waals surface area contributed by atoms with Gasteiger partial charge in [0.2, 0.25) is 0 Å². The van der Waals surface area contributed by atoms with Crippen molar-refractivity contribution in [1.29, 1.82) is 0 Å². The molecule has 0 fully saturated rings. The van der Waals surface area contributed by atoms with Crippen LogP contribution in [0.2, 0.25) is 0 Å². The van der Waals surface area contributed by atoms with Crippen molar-refractivity contribution in [2.45, 2.75) is 19.5 Å². The van der Waals surface area contributed by atoms with Crippen molar-refractivity contribution >= 4 is 5.83 Å². The molecule has 1 nitrogen and oxygen atoms in total. The molecule has 11 heteroatoms. The molecule has 0 amide bonds. The number of hydrogen-bond acceptors (Lipinski definition) is 1. The van der Waals surface area contributed by atoms with Gasteiger partial charge in [-0.25, -0.2) is 35.1 Å². The second-order valence-electron chi connectivity index (χ2n) is 10.1. The van der Waals surface area contributed by atoms with Crippen LogP contribution in [0.4, 0.5) is 43.9 Å². The topological polar surface area (TPSA) is 9.23 Å². The van der Waals surface area contributed by atoms with Gasteiger partial charge in [0.25, 0.3) is 0 Å². The first-order valence-corrected chi connectivity index (χ1v) is 13.5.